The maximum atomic E-state index is 11.9. The van der Waals surface area contributed by atoms with Gasteiger partial charge in [-0.3, -0.25) is 4.90 Å². The van der Waals surface area contributed by atoms with Gasteiger partial charge in [0.15, 0.2) is 0 Å². The second-order valence-corrected chi connectivity index (χ2v) is 3.83. The zero-order chi connectivity index (χ0) is 11.5. The molecule has 1 heterocycles. The Morgan fingerprint density at radius 2 is 2.07 bits per heavy atom. The molecule has 1 rings (SSSR count). The lowest BCUT2D eigenvalue weighted by molar-refractivity contribution is -0.183. The zero-order valence-electron chi connectivity index (χ0n) is 8.88. The van der Waals surface area contributed by atoms with Gasteiger partial charge in [-0.15, -0.1) is 0 Å². The fourth-order valence-electron chi connectivity index (χ4n) is 1.75. The van der Waals surface area contributed by atoms with Crippen LogP contribution >= 0.6 is 0 Å². The number of methoxy groups -OCH3 is 1. The number of nitrogens with zero attached hydrogens (tertiary/aromatic N) is 1. The molecular weight excluding hydrogens is 211 g/mol. The van der Waals surface area contributed by atoms with Crippen LogP contribution in [0.5, 0.6) is 0 Å². The molecular formula is C9H16F3NO2. The van der Waals surface area contributed by atoms with Gasteiger partial charge in [-0.2, -0.15) is 13.2 Å². The van der Waals surface area contributed by atoms with E-state index in [1.165, 1.54) is 0 Å². The Bertz CT molecular complexity index is 198. The lowest BCUT2D eigenvalue weighted by Gasteiger charge is -2.16. The van der Waals surface area contributed by atoms with Gasteiger partial charge < -0.3 is 9.47 Å². The van der Waals surface area contributed by atoms with Crippen molar-refractivity contribution < 1.29 is 22.6 Å². The molecule has 1 aliphatic heterocycles. The Morgan fingerprint density at radius 3 is 2.60 bits per heavy atom. The van der Waals surface area contributed by atoms with Gasteiger partial charge in [0.1, 0.15) is 6.61 Å². The summed E-state index contributed by atoms with van der Waals surface area (Å²) in [6.45, 7) is -0.0995. The number of ether oxygens (including phenoxy) is 2. The van der Waals surface area contributed by atoms with Crippen LogP contribution in [-0.2, 0) is 9.47 Å². The number of hydrogen-bond acceptors (Lipinski definition) is 3. The summed E-state index contributed by atoms with van der Waals surface area (Å²) in [5, 5.41) is 0. The molecule has 1 aliphatic rings. The van der Waals surface area contributed by atoms with Crippen molar-refractivity contribution in [1.82, 2.24) is 4.90 Å². The lowest BCUT2D eigenvalue weighted by atomic mass is 10.2. The molecule has 1 fully saturated rings. The van der Waals surface area contributed by atoms with E-state index in [4.69, 9.17) is 9.47 Å². The summed E-state index contributed by atoms with van der Waals surface area (Å²) in [6, 6.07) is 0.160. The first-order valence-electron chi connectivity index (χ1n) is 4.80. The third kappa shape index (κ3) is 4.36. The van der Waals surface area contributed by atoms with Crippen LogP contribution in [0.25, 0.3) is 0 Å². The Labute approximate surface area is 87.1 Å². The van der Waals surface area contributed by atoms with E-state index >= 15 is 0 Å². The first kappa shape index (κ1) is 12.7. The van der Waals surface area contributed by atoms with Crippen molar-refractivity contribution >= 4 is 0 Å². The first-order valence-corrected chi connectivity index (χ1v) is 4.80. The van der Waals surface area contributed by atoms with Crippen molar-refractivity contribution in [3.8, 4) is 0 Å². The summed E-state index contributed by atoms with van der Waals surface area (Å²) in [4.78, 5) is 1.96. The number of likely N-dealkylation sites (tertiary alicyclic amines) is 1. The SMILES string of the molecule is COCC1CC(OCC(F)(F)F)CN1C. The Kier molecular flexibility index (Phi) is 4.36. The maximum Gasteiger partial charge on any atom is 0.411 e. The second-order valence-electron chi connectivity index (χ2n) is 3.83. The summed E-state index contributed by atoms with van der Waals surface area (Å²) < 4.78 is 45.4. The standard InChI is InChI=1S/C9H16F3NO2/c1-13-4-8(3-7(13)5-14-2)15-6-9(10,11)12/h7-8H,3-6H2,1-2H3. The van der Waals surface area contributed by atoms with Crippen LogP contribution in [0.3, 0.4) is 0 Å². The monoisotopic (exact) mass is 227 g/mol. The molecule has 0 amide bonds. The van der Waals surface area contributed by atoms with Gasteiger partial charge in [0.05, 0.1) is 12.7 Å². The van der Waals surface area contributed by atoms with Crippen molar-refractivity contribution in [2.24, 2.45) is 0 Å². The predicted octanol–water partition coefficient (Wildman–Crippen LogP) is 1.28. The summed E-state index contributed by atoms with van der Waals surface area (Å²) in [6.07, 6.45) is -3.98. The smallest absolute Gasteiger partial charge is 0.383 e. The van der Waals surface area contributed by atoms with Gasteiger partial charge in [-0.25, -0.2) is 0 Å². The lowest BCUT2D eigenvalue weighted by Crippen LogP contribution is -2.29. The normalized spacial score (nSPS) is 28.6. The highest BCUT2D eigenvalue weighted by molar-refractivity contribution is 4.83. The first-order chi connectivity index (χ1) is 6.92. The highest BCUT2D eigenvalue weighted by Crippen LogP contribution is 2.22. The van der Waals surface area contributed by atoms with E-state index in [1.54, 1.807) is 7.11 Å². The maximum absolute atomic E-state index is 11.9. The molecule has 0 N–H and O–H groups in total. The molecule has 2 atom stereocenters. The third-order valence-corrected chi connectivity index (χ3v) is 2.49. The van der Waals surface area contributed by atoms with Crippen LogP contribution in [0.15, 0.2) is 0 Å². The summed E-state index contributed by atoms with van der Waals surface area (Å²) >= 11 is 0. The van der Waals surface area contributed by atoms with Crippen LogP contribution in [-0.4, -0.2) is 57.1 Å². The van der Waals surface area contributed by atoms with Crippen LogP contribution in [0, 0.1) is 0 Å². The van der Waals surface area contributed by atoms with Crippen molar-refractivity contribution in [1.29, 1.82) is 0 Å². The van der Waals surface area contributed by atoms with Crippen molar-refractivity contribution in [3.05, 3.63) is 0 Å². The van der Waals surface area contributed by atoms with E-state index in [0.29, 0.717) is 19.6 Å². The Morgan fingerprint density at radius 1 is 1.40 bits per heavy atom. The van der Waals surface area contributed by atoms with Crippen molar-refractivity contribution in [3.63, 3.8) is 0 Å². The van der Waals surface area contributed by atoms with E-state index in [-0.39, 0.29) is 12.1 Å². The molecule has 0 aromatic rings. The average Bonchev–Trinajstić information content (AvgIpc) is 2.44. The number of hydrogen-bond donors (Lipinski definition) is 0. The number of rotatable bonds is 4. The molecule has 15 heavy (non-hydrogen) atoms. The fourth-order valence-corrected chi connectivity index (χ4v) is 1.75. The molecule has 0 aliphatic carbocycles. The number of halogens is 3. The molecule has 0 aromatic heterocycles. The largest absolute Gasteiger partial charge is 0.411 e. The molecule has 0 radical (unpaired) electrons. The van der Waals surface area contributed by atoms with Gasteiger partial charge in [0.25, 0.3) is 0 Å². The number of alkyl halides is 3. The van der Waals surface area contributed by atoms with E-state index in [2.05, 4.69) is 0 Å². The van der Waals surface area contributed by atoms with E-state index in [0.717, 1.165) is 0 Å². The summed E-state index contributed by atoms with van der Waals surface area (Å²) in [5.74, 6) is 0. The molecule has 3 nitrogen and oxygen atoms in total. The third-order valence-electron chi connectivity index (χ3n) is 2.49. The summed E-state index contributed by atoms with van der Waals surface area (Å²) in [7, 11) is 3.44. The number of likely N-dealkylation sites (N-methyl/N-ethyl adjacent to an activating group) is 1. The van der Waals surface area contributed by atoms with Crippen LogP contribution in [0.4, 0.5) is 13.2 Å². The van der Waals surface area contributed by atoms with Gasteiger partial charge in [-0.1, -0.05) is 0 Å². The molecule has 0 saturated carbocycles. The van der Waals surface area contributed by atoms with Crippen LogP contribution in [0.2, 0.25) is 0 Å². The summed E-state index contributed by atoms with van der Waals surface area (Å²) in [5.41, 5.74) is 0. The van der Waals surface area contributed by atoms with Crippen molar-refractivity contribution in [2.75, 3.05) is 33.9 Å². The minimum atomic E-state index is -4.24. The van der Waals surface area contributed by atoms with Crippen LogP contribution < -0.4 is 0 Å². The highest BCUT2D eigenvalue weighted by atomic mass is 19.4. The molecule has 6 heteroatoms. The van der Waals surface area contributed by atoms with E-state index in [9.17, 15) is 13.2 Å². The van der Waals surface area contributed by atoms with Gasteiger partial charge in [0.2, 0.25) is 0 Å². The van der Waals surface area contributed by atoms with Gasteiger partial charge in [-0.05, 0) is 13.5 Å². The highest BCUT2D eigenvalue weighted by Gasteiger charge is 2.34. The zero-order valence-corrected chi connectivity index (χ0v) is 8.88. The predicted molar refractivity (Wildman–Crippen MR) is 48.7 cm³/mol. The molecule has 2 unspecified atom stereocenters. The van der Waals surface area contributed by atoms with Crippen molar-refractivity contribution in [2.45, 2.75) is 24.7 Å². The second kappa shape index (κ2) is 5.14. The van der Waals surface area contributed by atoms with E-state index < -0.39 is 12.8 Å². The topological polar surface area (TPSA) is 21.7 Å². The molecule has 0 spiro atoms. The average molecular weight is 227 g/mol. The molecule has 90 valence electrons. The van der Waals surface area contributed by atoms with E-state index in [1.807, 2.05) is 11.9 Å². The molecule has 0 aromatic carbocycles. The van der Waals surface area contributed by atoms with Crippen LogP contribution in [0.1, 0.15) is 6.42 Å². The molecule has 1 saturated heterocycles. The Balaban J connectivity index is 2.29. The minimum absolute atomic E-state index is 0.160. The molecule has 0 bridgehead atoms. The Hall–Kier alpha value is -0.330. The fraction of sp³-hybridized carbons (Fsp3) is 1.00. The minimum Gasteiger partial charge on any atom is -0.383 e. The quantitative estimate of drug-likeness (QED) is 0.722. The van der Waals surface area contributed by atoms with Gasteiger partial charge >= 0.3 is 6.18 Å². The van der Waals surface area contributed by atoms with Gasteiger partial charge in [0, 0.05) is 19.7 Å².